The van der Waals surface area contributed by atoms with Crippen LogP contribution < -0.4 is 5.32 Å². The van der Waals surface area contributed by atoms with Crippen molar-refractivity contribution >= 4 is 16.9 Å². The Hall–Kier alpha value is -0.180. The van der Waals surface area contributed by atoms with E-state index >= 15 is 0 Å². The Morgan fingerprint density at radius 2 is 2.00 bits per heavy atom. The second kappa shape index (κ2) is 6.31. The summed E-state index contributed by atoms with van der Waals surface area (Å²) >= 11 is 1.95. The predicted octanol–water partition coefficient (Wildman–Crippen LogP) is 4.06. The molecular formula is C15H28N2S. The molecule has 1 spiro atoms. The molecule has 1 N–H and O–H groups in total. The second-order valence-electron chi connectivity index (χ2n) is 6.20. The zero-order chi connectivity index (χ0) is 13.0. The van der Waals surface area contributed by atoms with E-state index in [-0.39, 0.29) is 0 Å². The maximum Gasteiger partial charge on any atom is 0.157 e. The van der Waals surface area contributed by atoms with Gasteiger partial charge in [0.15, 0.2) is 5.17 Å². The molecular weight excluding hydrogens is 240 g/mol. The maximum absolute atomic E-state index is 4.80. The molecule has 0 aromatic rings. The molecule has 0 amide bonds. The fourth-order valence-corrected chi connectivity index (χ4v) is 4.16. The number of hydrogen-bond donors (Lipinski definition) is 1. The smallest absolute Gasteiger partial charge is 0.157 e. The highest BCUT2D eigenvalue weighted by Crippen LogP contribution is 2.38. The van der Waals surface area contributed by atoms with Gasteiger partial charge in [0.1, 0.15) is 0 Å². The molecule has 0 aromatic heterocycles. The van der Waals surface area contributed by atoms with Gasteiger partial charge in [-0.15, -0.1) is 0 Å². The van der Waals surface area contributed by atoms with Gasteiger partial charge in [0.25, 0.3) is 0 Å². The fourth-order valence-electron chi connectivity index (χ4n) is 2.93. The summed E-state index contributed by atoms with van der Waals surface area (Å²) in [4.78, 5) is 4.80. The fraction of sp³-hybridized carbons (Fsp3) is 0.933. The van der Waals surface area contributed by atoms with Crippen molar-refractivity contribution in [1.29, 1.82) is 0 Å². The lowest BCUT2D eigenvalue weighted by atomic mass is 9.78. The van der Waals surface area contributed by atoms with Crippen molar-refractivity contribution in [2.45, 2.75) is 64.8 Å². The van der Waals surface area contributed by atoms with Gasteiger partial charge in [-0.1, -0.05) is 45.4 Å². The van der Waals surface area contributed by atoms with Crippen LogP contribution in [0.15, 0.2) is 4.99 Å². The van der Waals surface area contributed by atoms with E-state index in [1.807, 2.05) is 11.8 Å². The lowest BCUT2D eigenvalue weighted by Crippen LogP contribution is -2.46. The summed E-state index contributed by atoms with van der Waals surface area (Å²) in [7, 11) is 0. The zero-order valence-electron chi connectivity index (χ0n) is 12.2. The Kier molecular flexibility index (Phi) is 4.99. The van der Waals surface area contributed by atoms with Gasteiger partial charge in [0.2, 0.25) is 0 Å². The number of amidine groups is 1. The van der Waals surface area contributed by atoms with Crippen molar-refractivity contribution in [1.82, 2.24) is 5.32 Å². The normalized spacial score (nSPS) is 34.4. The number of hydrogen-bond acceptors (Lipinski definition) is 2. The molecule has 2 rings (SSSR count). The summed E-state index contributed by atoms with van der Waals surface area (Å²) < 4.78 is 0. The van der Waals surface area contributed by atoms with Crippen LogP contribution in [0.25, 0.3) is 0 Å². The minimum Gasteiger partial charge on any atom is -0.359 e. The molecule has 0 atom stereocenters. The van der Waals surface area contributed by atoms with Crippen molar-refractivity contribution in [3.63, 3.8) is 0 Å². The Balaban J connectivity index is 1.86. The highest BCUT2D eigenvalue weighted by Gasteiger charge is 2.39. The van der Waals surface area contributed by atoms with Gasteiger partial charge in [-0.25, -0.2) is 0 Å². The van der Waals surface area contributed by atoms with Gasteiger partial charge in [0, 0.05) is 17.8 Å². The van der Waals surface area contributed by atoms with Crippen molar-refractivity contribution in [3.8, 4) is 0 Å². The van der Waals surface area contributed by atoms with Gasteiger partial charge in [0.05, 0.1) is 0 Å². The number of rotatable bonds is 4. The molecule has 0 bridgehead atoms. The van der Waals surface area contributed by atoms with Crippen LogP contribution in [-0.2, 0) is 0 Å². The molecule has 1 saturated carbocycles. The molecule has 1 aliphatic carbocycles. The first-order chi connectivity index (χ1) is 8.67. The lowest BCUT2D eigenvalue weighted by molar-refractivity contribution is 0.250. The monoisotopic (exact) mass is 268 g/mol. The molecule has 0 aromatic carbocycles. The summed E-state index contributed by atoms with van der Waals surface area (Å²) in [5.74, 6) is 2.93. The van der Waals surface area contributed by atoms with E-state index in [4.69, 9.17) is 4.99 Å². The van der Waals surface area contributed by atoms with Crippen molar-refractivity contribution in [3.05, 3.63) is 0 Å². The lowest BCUT2D eigenvalue weighted by Gasteiger charge is -2.35. The van der Waals surface area contributed by atoms with Crippen LogP contribution in [-0.4, -0.2) is 23.0 Å². The highest BCUT2D eigenvalue weighted by atomic mass is 32.2. The van der Waals surface area contributed by atoms with Gasteiger partial charge < -0.3 is 5.32 Å². The molecule has 1 aliphatic heterocycles. The summed E-state index contributed by atoms with van der Waals surface area (Å²) in [6.45, 7) is 7.94. The average Bonchev–Trinajstić information content (AvgIpc) is 2.78. The third-order valence-electron chi connectivity index (χ3n) is 4.74. The highest BCUT2D eigenvalue weighted by molar-refractivity contribution is 8.14. The molecule has 1 saturated heterocycles. The number of thioether (sulfide) groups is 1. The first-order valence-electron chi connectivity index (χ1n) is 7.63. The van der Waals surface area contributed by atoms with E-state index in [0.717, 1.165) is 18.4 Å². The molecule has 2 fully saturated rings. The minimum absolute atomic E-state index is 0.393. The Morgan fingerprint density at radius 1 is 1.33 bits per heavy atom. The van der Waals surface area contributed by atoms with E-state index in [0.29, 0.717) is 5.54 Å². The molecule has 0 radical (unpaired) electrons. The maximum atomic E-state index is 4.80. The van der Waals surface area contributed by atoms with E-state index in [1.165, 1.54) is 49.4 Å². The van der Waals surface area contributed by atoms with Crippen LogP contribution in [0.1, 0.15) is 59.3 Å². The van der Waals surface area contributed by atoms with Crippen LogP contribution in [0.4, 0.5) is 0 Å². The van der Waals surface area contributed by atoms with Crippen molar-refractivity contribution in [2.24, 2.45) is 16.8 Å². The quantitative estimate of drug-likeness (QED) is 0.831. The Bertz CT molecular complexity index is 289. The SMILES string of the molecule is CCC(CC)CN=C1NC2(CCC(C)CC2)CS1. The van der Waals surface area contributed by atoms with E-state index < -0.39 is 0 Å². The van der Waals surface area contributed by atoms with Gasteiger partial charge in [-0.2, -0.15) is 0 Å². The Morgan fingerprint density at radius 3 is 2.61 bits per heavy atom. The second-order valence-corrected chi connectivity index (χ2v) is 7.17. The molecule has 0 unspecified atom stereocenters. The van der Waals surface area contributed by atoms with Gasteiger partial charge in [-0.05, 0) is 37.5 Å². The molecule has 18 heavy (non-hydrogen) atoms. The molecule has 104 valence electrons. The average molecular weight is 268 g/mol. The summed E-state index contributed by atoms with van der Waals surface area (Å²) in [5, 5.41) is 4.96. The van der Waals surface area contributed by atoms with E-state index in [9.17, 15) is 0 Å². The van der Waals surface area contributed by atoms with E-state index in [2.05, 4.69) is 26.1 Å². The summed E-state index contributed by atoms with van der Waals surface area (Å²) in [6, 6.07) is 0. The Labute approximate surface area is 116 Å². The summed E-state index contributed by atoms with van der Waals surface area (Å²) in [5.41, 5.74) is 0.393. The standard InChI is InChI=1S/C15H28N2S/c1-4-13(5-2)10-16-14-17-15(11-18-14)8-6-12(3)7-9-15/h12-13H,4-11H2,1-3H3,(H,16,17). The van der Waals surface area contributed by atoms with Crippen LogP contribution in [0, 0.1) is 11.8 Å². The van der Waals surface area contributed by atoms with Crippen molar-refractivity contribution in [2.75, 3.05) is 12.3 Å². The van der Waals surface area contributed by atoms with Crippen molar-refractivity contribution < 1.29 is 0 Å². The number of nitrogens with one attached hydrogen (secondary N) is 1. The van der Waals surface area contributed by atoms with Crippen LogP contribution in [0.2, 0.25) is 0 Å². The molecule has 2 aliphatic rings. The largest absolute Gasteiger partial charge is 0.359 e. The molecule has 1 heterocycles. The first-order valence-corrected chi connectivity index (χ1v) is 8.61. The van der Waals surface area contributed by atoms with Gasteiger partial charge >= 0.3 is 0 Å². The molecule has 3 heteroatoms. The zero-order valence-corrected chi connectivity index (χ0v) is 13.0. The first kappa shape index (κ1) is 14.2. The topological polar surface area (TPSA) is 24.4 Å². The summed E-state index contributed by atoms with van der Waals surface area (Å²) in [6.07, 6.45) is 7.94. The van der Waals surface area contributed by atoms with Crippen LogP contribution >= 0.6 is 11.8 Å². The minimum atomic E-state index is 0.393. The van der Waals surface area contributed by atoms with E-state index in [1.54, 1.807) is 0 Å². The third-order valence-corrected chi connectivity index (χ3v) is 5.94. The molecule has 2 nitrogen and oxygen atoms in total. The number of nitrogens with zero attached hydrogens (tertiary/aromatic N) is 1. The number of aliphatic imine (C=N–C) groups is 1. The van der Waals surface area contributed by atoms with Crippen LogP contribution in [0.5, 0.6) is 0 Å². The van der Waals surface area contributed by atoms with Crippen LogP contribution in [0.3, 0.4) is 0 Å². The predicted molar refractivity (Wildman–Crippen MR) is 82.3 cm³/mol. The third kappa shape index (κ3) is 3.43. The van der Waals surface area contributed by atoms with Gasteiger partial charge in [-0.3, -0.25) is 4.99 Å².